The molecular weight excluding hydrogens is 432 g/mol. The van der Waals surface area contributed by atoms with Crippen LogP contribution in [-0.2, 0) is 9.53 Å². The van der Waals surface area contributed by atoms with Crippen molar-refractivity contribution < 1.29 is 19.1 Å². The normalized spacial score (nSPS) is 13.6. The lowest BCUT2D eigenvalue weighted by Gasteiger charge is -2.20. The molecule has 0 atom stereocenters. The van der Waals surface area contributed by atoms with Gasteiger partial charge in [-0.15, -0.1) is 0 Å². The van der Waals surface area contributed by atoms with Gasteiger partial charge in [0.2, 0.25) is 5.91 Å². The van der Waals surface area contributed by atoms with E-state index in [9.17, 15) is 14.4 Å². The molecule has 0 aromatic heterocycles. The van der Waals surface area contributed by atoms with Gasteiger partial charge in [0.25, 0.3) is 11.8 Å². The van der Waals surface area contributed by atoms with Crippen LogP contribution in [0, 0.1) is 0 Å². The summed E-state index contributed by atoms with van der Waals surface area (Å²) in [5, 5.41) is 8.72. The maximum Gasteiger partial charge on any atom is 0.253 e. The molecule has 1 aliphatic heterocycles. The first-order valence-corrected chi connectivity index (χ1v) is 11.9. The molecule has 2 aromatic carbocycles. The summed E-state index contributed by atoms with van der Waals surface area (Å²) >= 11 is 0. The maximum absolute atomic E-state index is 12.8. The molecule has 8 heteroatoms. The number of amides is 3. The molecule has 0 spiro atoms. The molecule has 3 rings (SSSR count). The first-order valence-electron chi connectivity index (χ1n) is 11.9. The number of nitrogens with one attached hydrogen (secondary N) is 3. The van der Waals surface area contributed by atoms with Gasteiger partial charge in [-0.3, -0.25) is 14.4 Å². The molecule has 2 aromatic rings. The van der Waals surface area contributed by atoms with Crippen LogP contribution in [0.5, 0.6) is 0 Å². The molecule has 0 aliphatic carbocycles. The van der Waals surface area contributed by atoms with Crippen LogP contribution in [0.3, 0.4) is 0 Å². The zero-order valence-corrected chi connectivity index (χ0v) is 19.8. The van der Waals surface area contributed by atoms with E-state index in [-0.39, 0.29) is 24.3 Å². The van der Waals surface area contributed by atoms with Gasteiger partial charge in [0, 0.05) is 55.9 Å². The lowest BCUT2D eigenvalue weighted by Crippen LogP contribution is -2.31. The molecule has 3 N–H and O–H groups in total. The monoisotopic (exact) mass is 466 g/mol. The Labute approximate surface area is 201 Å². The second kappa shape index (κ2) is 13.3. The van der Waals surface area contributed by atoms with Crippen molar-refractivity contribution in [3.8, 4) is 0 Å². The molecule has 0 radical (unpaired) electrons. The molecule has 34 heavy (non-hydrogen) atoms. The Hall–Kier alpha value is -3.39. The molecule has 0 unspecified atom stereocenters. The van der Waals surface area contributed by atoms with Crippen molar-refractivity contribution in [1.82, 2.24) is 10.2 Å². The van der Waals surface area contributed by atoms with Crippen LogP contribution < -0.4 is 16.0 Å². The Morgan fingerprint density at radius 1 is 0.912 bits per heavy atom. The first-order chi connectivity index (χ1) is 16.6. The summed E-state index contributed by atoms with van der Waals surface area (Å²) in [6.07, 6.45) is 5.18. The van der Waals surface area contributed by atoms with Crippen molar-refractivity contribution in [3.05, 3.63) is 59.7 Å². The van der Waals surface area contributed by atoms with Crippen molar-refractivity contribution >= 4 is 29.1 Å². The van der Waals surface area contributed by atoms with E-state index in [0.29, 0.717) is 30.0 Å². The SMILES string of the molecule is COCCCNC(=O)c1ccc(NC(=O)CNc2cccc(C(=O)N3CCCCCC3)c2)cc1. The van der Waals surface area contributed by atoms with Crippen LogP contribution in [-0.4, -0.2) is 62.5 Å². The summed E-state index contributed by atoms with van der Waals surface area (Å²) in [5.41, 5.74) is 2.48. The highest BCUT2D eigenvalue weighted by Crippen LogP contribution is 2.16. The number of carbonyl (C=O) groups is 3. The van der Waals surface area contributed by atoms with Crippen LogP contribution in [0.15, 0.2) is 48.5 Å². The summed E-state index contributed by atoms with van der Waals surface area (Å²) in [5.74, 6) is -0.343. The summed E-state index contributed by atoms with van der Waals surface area (Å²) in [4.78, 5) is 39.2. The van der Waals surface area contributed by atoms with E-state index in [2.05, 4.69) is 16.0 Å². The molecular formula is C26H34N4O4. The number of benzene rings is 2. The fourth-order valence-corrected chi connectivity index (χ4v) is 3.83. The number of hydrogen-bond donors (Lipinski definition) is 3. The van der Waals surface area contributed by atoms with Gasteiger partial charge in [0.05, 0.1) is 6.54 Å². The van der Waals surface area contributed by atoms with Crippen LogP contribution in [0.1, 0.15) is 52.8 Å². The van der Waals surface area contributed by atoms with Gasteiger partial charge in [-0.1, -0.05) is 18.9 Å². The third kappa shape index (κ3) is 7.88. The molecule has 0 bridgehead atoms. The average molecular weight is 467 g/mol. The number of hydrogen-bond acceptors (Lipinski definition) is 5. The zero-order valence-electron chi connectivity index (χ0n) is 19.8. The van der Waals surface area contributed by atoms with E-state index in [4.69, 9.17) is 4.74 Å². The first kappa shape index (κ1) is 25.2. The smallest absolute Gasteiger partial charge is 0.253 e. The Balaban J connectivity index is 1.47. The highest BCUT2D eigenvalue weighted by Gasteiger charge is 2.17. The van der Waals surface area contributed by atoms with Gasteiger partial charge in [0.15, 0.2) is 0 Å². The average Bonchev–Trinajstić information content (AvgIpc) is 3.15. The molecule has 8 nitrogen and oxygen atoms in total. The predicted octanol–water partition coefficient (Wildman–Crippen LogP) is 3.52. The second-order valence-corrected chi connectivity index (χ2v) is 8.37. The van der Waals surface area contributed by atoms with E-state index in [1.165, 1.54) is 12.8 Å². The standard InChI is InChI=1S/C26H34N4O4/c1-34-17-7-14-27-25(32)20-10-12-22(13-11-20)29-24(31)19-28-23-9-6-8-21(18-23)26(33)30-15-4-2-3-5-16-30/h6,8-13,18,28H,2-5,7,14-17,19H2,1H3,(H,27,32)(H,29,31). The lowest BCUT2D eigenvalue weighted by molar-refractivity contribution is -0.114. The highest BCUT2D eigenvalue weighted by atomic mass is 16.5. The number of carbonyl (C=O) groups excluding carboxylic acids is 3. The second-order valence-electron chi connectivity index (χ2n) is 8.37. The predicted molar refractivity (Wildman–Crippen MR) is 133 cm³/mol. The molecule has 3 amide bonds. The minimum Gasteiger partial charge on any atom is -0.385 e. The highest BCUT2D eigenvalue weighted by molar-refractivity contribution is 5.97. The number of methoxy groups -OCH3 is 1. The molecule has 1 saturated heterocycles. The number of ether oxygens (including phenoxy) is 1. The molecule has 0 saturated carbocycles. The molecule has 1 aliphatic rings. The lowest BCUT2D eigenvalue weighted by atomic mass is 10.1. The number of anilines is 2. The largest absolute Gasteiger partial charge is 0.385 e. The summed E-state index contributed by atoms with van der Waals surface area (Å²) in [7, 11) is 1.62. The van der Waals surface area contributed by atoms with Gasteiger partial charge in [-0.2, -0.15) is 0 Å². The molecule has 1 fully saturated rings. The third-order valence-electron chi connectivity index (χ3n) is 5.70. The maximum atomic E-state index is 12.8. The van der Waals surface area contributed by atoms with E-state index in [1.807, 2.05) is 23.1 Å². The van der Waals surface area contributed by atoms with Crippen molar-refractivity contribution in [2.75, 3.05) is 50.5 Å². The Kier molecular flexibility index (Phi) is 9.91. The number of nitrogens with zero attached hydrogens (tertiary/aromatic N) is 1. The molecule has 182 valence electrons. The summed E-state index contributed by atoms with van der Waals surface area (Å²) in [6, 6.07) is 14.0. The Bertz CT molecular complexity index is 954. The number of likely N-dealkylation sites (tertiary alicyclic amines) is 1. The van der Waals surface area contributed by atoms with Gasteiger partial charge < -0.3 is 25.6 Å². The van der Waals surface area contributed by atoms with E-state index >= 15 is 0 Å². The fraction of sp³-hybridized carbons (Fsp3) is 0.423. The van der Waals surface area contributed by atoms with Gasteiger partial charge in [-0.05, 0) is 61.7 Å². The van der Waals surface area contributed by atoms with Gasteiger partial charge in [-0.25, -0.2) is 0 Å². The molecule has 1 heterocycles. The van der Waals surface area contributed by atoms with E-state index < -0.39 is 0 Å². The zero-order chi connectivity index (χ0) is 24.2. The van der Waals surface area contributed by atoms with Gasteiger partial charge in [0.1, 0.15) is 0 Å². The van der Waals surface area contributed by atoms with Crippen molar-refractivity contribution in [1.29, 1.82) is 0 Å². The van der Waals surface area contributed by atoms with Crippen LogP contribution in [0.4, 0.5) is 11.4 Å². The summed E-state index contributed by atoms with van der Waals surface area (Å²) in [6.45, 7) is 2.80. The number of rotatable bonds is 10. The third-order valence-corrected chi connectivity index (χ3v) is 5.70. The van der Waals surface area contributed by atoms with Crippen molar-refractivity contribution in [2.24, 2.45) is 0 Å². The minimum absolute atomic E-state index is 0.0397. The van der Waals surface area contributed by atoms with E-state index in [0.717, 1.165) is 38.0 Å². The van der Waals surface area contributed by atoms with Crippen LogP contribution >= 0.6 is 0 Å². The van der Waals surface area contributed by atoms with Gasteiger partial charge >= 0.3 is 0 Å². The van der Waals surface area contributed by atoms with E-state index in [1.54, 1.807) is 37.4 Å². The minimum atomic E-state index is -0.221. The van der Waals surface area contributed by atoms with Crippen LogP contribution in [0.2, 0.25) is 0 Å². The summed E-state index contributed by atoms with van der Waals surface area (Å²) < 4.78 is 4.96. The van der Waals surface area contributed by atoms with Crippen molar-refractivity contribution in [2.45, 2.75) is 32.1 Å². The quantitative estimate of drug-likeness (QED) is 0.465. The fourth-order valence-electron chi connectivity index (χ4n) is 3.83. The Morgan fingerprint density at radius 3 is 2.35 bits per heavy atom. The van der Waals surface area contributed by atoms with Crippen molar-refractivity contribution in [3.63, 3.8) is 0 Å². The van der Waals surface area contributed by atoms with Crippen LogP contribution in [0.25, 0.3) is 0 Å². The topological polar surface area (TPSA) is 99.8 Å². The Morgan fingerprint density at radius 2 is 1.65 bits per heavy atom.